The topological polar surface area (TPSA) is 104 Å². The summed E-state index contributed by atoms with van der Waals surface area (Å²) in [6, 6.07) is 10.2. The van der Waals surface area contributed by atoms with E-state index in [-0.39, 0.29) is 5.75 Å². The minimum atomic E-state index is -4.34. The van der Waals surface area contributed by atoms with E-state index in [2.05, 4.69) is 0 Å². The van der Waals surface area contributed by atoms with Crippen LogP contribution in [0.3, 0.4) is 0 Å². The molecular formula is C13H9NO6S. The first kappa shape index (κ1) is 14.7. The van der Waals surface area contributed by atoms with Gasteiger partial charge in [-0.25, -0.2) is 0 Å². The van der Waals surface area contributed by atoms with E-state index >= 15 is 0 Å². The standard InChI is InChI=1S/C13H9NO6S/c15-9-10-5-7-11(8-6-10)20-21(18,19)13-4-2-1-3-12(13)14(16)17/h1-9H. The molecule has 0 atom stereocenters. The van der Waals surface area contributed by atoms with Crippen LogP contribution in [-0.2, 0) is 10.1 Å². The average molecular weight is 307 g/mol. The molecule has 0 aliphatic carbocycles. The number of hydrogen-bond donors (Lipinski definition) is 0. The largest absolute Gasteiger partial charge is 0.379 e. The van der Waals surface area contributed by atoms with Gasteiger partial charge < -0.3 is 4.18 Å². The smallest absolute Gasteiger partial charge is 0.346 e. The van der Waals surface area contributed by atoms with Crippen LogP contribution in [0.25, 0.3) is 0 Å². The van der Waals surface area contributed by atoms with Crippen molar-refractivity contribution in [3.8, 4) is 5.75 Å². The second kappa shape index (κ2) is 5.71. The zero-order chi connectivity index (χ0) is 15.5. The molecule has 2 aromatic carbocycles. The van der Waals surface area contributed by atoms with Crippen molar-refractivity contribution in [2.24, 2.45) is 0 Å². The third kappa shape index (κ3) is 3.23. The Morgan fingerprint density at radius 1 is 1.05 bits per heavy atom. The predicted molar refractivity (Wildman–Crippen MR) is 72.7 cm³/mol. The zero-order valence-electron chi connectivity index (χ0n) is 10.5. The number of benzene rings is 2. The molecule has 2 rings (SSSR count). The third-order valence-electron chi connectivity index (χ3n) is 2.55. The molecule has 0 amide bonds. The van der Waals surface area contributed by atoms with E-state index in [0.717, 1.165) is 12.1 Å². The second-order valence-electron chi connectivity index (χ2n) is 3.95. The first-order valence-electron chi connectivity index (χ1n) is 5.67. The average Bonchev–Trinajstić information content (AvgIpc) is 2.47. The lowest BCUT2D eigenvalue weighted by Gasteiger charge is -2.07. The Bertz CT molecular complexity index is 783. The Hall–Kier alpha value is -2.74. The van der Waals surface area contributed by atoms with Gasteiger partial charge in [0.05, 0.1) is 4.92 Å². The van der Waals surface area contributed by atoms with Crippen LogP contribution in [0.2, 0.25) is 0 Å². The summed E-state index contributed by atoms with van der Waals surface area (Å²) in [7, 11) is -4.34. The molecule has 2 aromatic rings. The summed E-state index contributed by atoms with van der Waals surface area (Å²) in [4.78, 5) is 20.0. The van der Waals surface area contributed by atoms with E-state index < -0.39 is 25.6 Å². The number of hydrogen-bond acceptors (Lipinski definition) is 6. The summed E-state index contributed by atoms with van der Waals surface area (Å²) >= 11 is 0. The molecule has 0 saturated heterocycles. The molecule has 7 nitrogen and oxygen atoms in total. The van der Waals surface area contributed by atoms with Crippen LogP contribution in [0, 0.1) is 10.1 Å². The van der Waals surface area contributed by atoms with E-state index in [1.165, 1.54) is 36.4 Å². The maximum Gasteiger partial charge on any atom is 0.346 e. The van der Waals surface area contributed by atoms with Crippen LogP contribution in [0.4, 0.5) is 5.69 Å². The molecule has 0 fully saturated rings. The lowest BCUT2D eigenvalue weighted by Crippen LogP contribution is -2.11. The highest BCUT2D eigenvalue weighted by atomic mass is 32.2. The highest BCUT2D eigenvalue weighted by Crippen LogP contribution is 2.26. The Kier molecular flexibility index (Phi) is 3.99. The van der Waals surface area contributed by atoms with Crippen LogP contribution in [0.5, 0.6) is 5.75 Å². The van der Waals surface area contributed by atoms with Gasteiger partial charge in [0.1, 0.15) is 12.0 Å². The molecule has 0 spiro atoms. The fourth-order valence-corrected chi connectivity index (χ4v) is 2.69. The number of carbonyl (C=O) groups is 1. The van der Waals surface area contributed by atoms with Crippen LogP contribution in [-0.4, -0.2) is 19.6 Å². The maximum atomic E-state index is 12.1. The van der Waals surface area contributed by atoms with E-state index in [1.807, 2.05) is 0 Å². The molecule has 0 aliphatic heterocycles. The van der Waals surface area contributed by atoms with Crippen LogP contribution in [0.15, 0.2) is 53.4 Å². The van der Waals surface area contributed by atoms with Crippen molar-refractivity contribution < 1.29 is 22.3 Å². The minimum absolute atomic E-state index is 0.0428. The minimum Gasteiger partial charge on any atom is -0.379 e. The fraction of sp³-hybridized carbons (Fsp3) is 0. The number of carbonyl (C=O) groups excluding carboxylic acids is 1. The maximum absolute atomic E-state index is 12.1. The highest BCUT2D eigenvalue weighted by Gasteiger charge is 2.27. The van der Waals surface area contributed by atoms with Gasteiger partial charge in [-0.2, -0.15) is 8.42 Å². The summed E-state index contributed by atoms with van der Waals surface area (Å²) in [6.45, 7) is 0. The number of nitro groups is 1. The molecule has 0 aromatic heterocycles. The third-order valence-corrected chi connectivity index (χ3v) is 3.85. The number of para-hydroxylation sites is 1. The van der Waals surface area contributed by atoms with Gasteiger partial charge in [0.25, 0.3) is 5.69 Å². The Labute approximate surface area is 120 Å². The monoisotopic (exact) mass is 307 g/mol. The number of nitro benzene ring substituents is 1. The number of rotatable bonds is 5. The first-order valence-corrected chi connectivity index (χ1v) is 7.08. The van der Waals surface area contributed by atoms with Crippen LogP contribution < -0.4 is 4.18 Å². The SMILES string of the molecule is O=Cc1ccc(OS(=O)(=O)c2ccccc2[N+](=O)[O-])cc1. The molecule has 108 valence electrons. The summed E-state index contributed by atoms with van der Waals surface area (Å²) in [5, 5.41) is 10.9. The second-order valence-corrected chi connectivity index (χ2v) is 5.46. The van der Waals surface area contributed by atoms with Crippen LogP contribution >= 0.6 is 0 Å². The fourth-order valence-electron chi connectivity index (χ4n) is 1.59. The van der Waals surface area contributed by atoms with E-state index in [4.69, 9.17) is 4.18 Å². The molecule has 0 heterocycles. The van der Waals surface area contributed by atoms with E-state index in [0.29, 0.717) is 11.8 Å². The van der Waals surface area contributed by atoms with Crippen molar-refractivity contribution in [2.75, 3.05) is 0 Å². The van der Waals surface area contributed by atoms with Crippen molar-refractivity contribution in [1.82, 2.24) is 0 Å². The first-order chi connectivity index (χ1) is 9.94. The van der Waals surface area contributed by atoms with Crippen molar-refractivity contribution in [2.45, 2.75) is 4.90 Å². The predicted octanol–water partition coefficient (Wildman–Crippen LogP) is 2.17. The van der Waals surface area contributed by atoms with Gasteiger partial charge in [0.15, 0.2) is 4.90 Å². The van der Waals surface area contributed by atoms with Gasteiger partial charge in [0.2, 0.25) is 0 Å². The van der Waals surface area contributed by atoms with Gasteiger partial charge in [-0.1, -0.05) is 12.1 Å². The van der Waals surface area contributed by atoms with Gasteiger partial charge >= 0.3 is 10.1 Å². The number of aldehydes is 1. The lowest BCUT2D eigenvalue weighted by molar-refractivity contribution is -0.387. The van der Waals surface area contributed by atoms with Gasteiger partial charge in [-0.15, -0.1) is 0 Å². The Morgan fingerprint density at radius 2 is 1.67 bits per heavy atom. The van der Waals surface area contributed by atoms with Gasteiger partial charge in [0, 0.05) is 11.6 Å². The van der Waals surface area contributed by atoms with Crippen molar-refractivity contribution in [3.05, 3.63) is 64.2 Å². The van der Waals surface area contributed by atoms with Crippen molar-refractivity contribution in [3.63, 3.8) is 0 Å². The zero-order valence-corrected chi connectivity index (χ0v) is 11.3. The Morgan fingerprint density at radius 3 is 2.24 bits per heavy atom. The summed E-state index contributed by atoms with van der Waals surface area (Å²) in [5.74, 6) is -0.0428. The molecule has 0 N–H and O–H groups in total. The van der Waals surface area contributed by atoms with Crippen molar-refractivity contribution >= 4 is 22.1 Å². The lowest BCUT2D eigenvalue weighted by atomic mass is 10.2. The summed E-state index contributed by atoms with van der Waals surface area (Å²) in [5.41, 5.74) is -0.215. The quantitative estimate of drug-likeness (QED) is 0.363. The number of nitrogens with zero attached hydrogens (tertiary/aromatic N) is 1. The molecule has 8 heteroatoms. The van der Waals surface area contributed by atoms with Crippen LogP contribution in [0.1, 0.15) is 10.4 Å². The van der Waals surface area contributed by atoms with Gasteiger partial charge in [-0.05, 0) is 30.3 Å². The molecule has 0 bridgehead atoms. The van der Waals surface area contributed by atoms with E-state index in [1.54, 1.807) is 0 Å². The molecule has 0 radical (unpaired) electrons. The van der Waals surface area contributed by atoms with Crippen molar-refractivity contribution in [1.29, 1.82) is 0 Å². The molecular weight excluding hydrogens is 298 g/mol. The molecule has 0 saturated carbocycles. The molecule has 0 unspecified atom stereocenters. The summed E-state index contributed by atoms with van der Waals surface area (Å²) in [6.07, 6.45) is 0.598. The summed E-state index contributed by atoms with van der Waals surface area (Å²) < 4.78 is 29.0. The molecule has 0 aliphatic rings. The Balaban J connectivity index is 2.38. The normalized spacial score (nSPS) is 10.9. The molecule has 21 heavy (non-hydrogen) atoms. The highest BCUT2D eigenvalue weighted by molar-refractivity contribution is 7.87. The van der Waals surface area contributed by atoms with E-state index in [9.17, 15) is 23.3 Å². The van der Waals surface area contributed by atoms with Gasteiger partial charge in [-0.3, -0.25) is 14.9 Å².